The molecule has 2 unspecified atom stereocenters. The van der Waals surface area contributed by atoms with Gasteiger partial charge in [0.25, 0.3) is 0 Å². The third-order valence-corrected chi connectivity index (χ3v) is 2.14. The standard InChI is InChI=1S/C11H17N3O2/c1-4-7-8(12)11-13-10(14-16-11)9(5-2)15-6-3/h1,8-9H,5-7,12H2,2-3H3. The van der Waals surface area contributed by atoms with Crippen LogP contribution in [0, 0.1) is 12.3 Å². The first kappa shape index (κ1) is 12.7. The molecule has 5 heteroatoms. The van der Waals surface area contributed by atoms with Crippen molar-refractivity contribution in [2.24, 2.45) is 5.73 Å². The molecule has 1 heterocycles. The maximum absolute atomic E-state index is 5.75. The molecule has 2 N–H and O–H groups in total. The summed E-state index contributed by atoms with van der Waals surface area (Å²) in [4.78, 5) is 4.20. The van der Waals surface area contributed by atoms with E-state index in [9.17, 15) is 0 Å². The van der Waals surface area contributed by atoms with Crippen molar-refractivity contribution in [2.45, 2.75) is 38.8 Å². The Bertz CT molecular complexity index is 356. The Morgan fingerprint density at radius 3 is 2.88 bits per heavy atom. The van der Waals surface area contributed by atoms with E-state index in [-0.39, 0.29) is 6.10 Å². The van der Waals surface area contributed by atoms with E-state index in [4.69, 9.17) is 21.4 Å². The van der Waals surface area contributed by atoms with Crippen molar-refractivity contribution < 1.29 is 9.26 Å². The molecule has 1 aromatic rings. The highest BCUT2D eigenvalue weighted by atomic mass is 16.5. The lowest BCUT2D eigenvalue weighted by Crippen LogP contribution is -2.10. The van der Waals surface area contributed by atoms with Crippen LogP contribution in [0.2, 0.25) is 0 Å². The highest BCUT2D eigenvalue weighted by Gasteiger charge is 2.19. The van der Waals surface area contributed by atoms with E-state index < -0.39 is 6.04 Å². The zero-order valence-electron chi connectivity index (χ0n) is 9.64. The molecule has 0 saturated carbocycles. The van der Waals surface area contributed by atoms with Gasteiger partial charge in [-0.05, 0) is 13.3 Å². The normalized spacial score (nSPS) is 14.4. The Hall–Kier alpha value is -1.38. The number of ether oxygens (including phenoxy) is 1. The third kappa shape index (κ3) is 3.05. The minimum Gasteiger partial charge on any atom is -0.370 e. The number of terminal acetylenes is 1. The molecule has 0 aliphatic carbocycles. The first-order valence-corrected chi connectivity index (χ1v) is 5.37. The van der Waals surface area contributed by atoms with Gasteiger partial charge in [-0.25, -0.2) is 0 Å². The molecule has 0 spiro atoms. The SMILES string of the molecule is C#CCC(N)c1nc(C(CC)OCC)no1. The number of nitrogens with zero attached hydrogens (tertiary/aromatic N) is 2. The van der Waals surface area contributed by atoms with E-state index in [1.54, 1.807) is 0 Å². The molecule has 0 amide bonds. The number of nitrogens with two attached hydrogens (primary N) is 1. The molecule has 88 valence electrons. The van der Waals surface area contributed by atoms with Crippen molar-refractivity contribution >= 4 is 0 Å². The fourth-order valence-electron chi connectivity index (χ4n) is 1.32. The quantitative estimate of drug-likeness (QED) is 0.741. The summed E-state index contributed by atoms with van der Waals surface area (Å²) < 4.78 is 10.5. The lowest BCUT2D eigenvalue weighted by Gasteiger charge is -2.09. The number of rotatable bonds is 6. The lowest BCUT2D eigenvalue weighted by molar-refractivity contribution is 0.0518. The first-order valence-electron chi connectivity index (χ1n) is 5.37. The van der Waals surface area contributed by atoms with Crippen LogP contribution in [0.5, 0.6) is 0 Å². The molecule has 0 fully saturated rings. The van der Waals surface area contributed by atoms with Crippen LogP contribution in [-0.4, -0.2) is 16.7 Å². The minimum absolute atomic E-state index is 0.138. The molecule has 0 aliphatic rings. The summed E-state index contributed by atoms with van der Waals surface area (Å²) in [5, 5.41) is 3.85. The molecule has 2 atom stereocenters. The maximum Gasteiger partial charge on any atom is 0.244 e. The summed E-state index contributed by atoms with van der Waals surface area (Å²) in [7, 11) is 0. The van der Waals surface area contributed by atoms with Crippen LogP contribution in [0.1, 0.15) is 50.6 Å². The summed E-state index contributed by atoms with van der Waals surface area (Å²) in [5.74, 6) is 3.36. The van der Waals surface area contributed by atoms with Gasteiger partial charge >= 0.3 is 0 Å². The zero-order valence-corrected chi connectivity index (χ0v) is 9.64. The van der Waals surface area contributed by atoms with Gasteiger partial charge in [-0.3, -0.25) is 0 Å². The van der Waals surface area contributed by atoms with Gasteiger partial charge in [-0.15, -0.1) is 12.3 Å². The zero-order chi connectivity index (χ0) is 12.0. The molecule has 1 aromatic heterocycles. The van der Waals surface area contributed by atoms with Gasteiger partial charge in [0.1, 0.15) is 6.10 Å². The van der Waals surface area contributed by atoms with E-state index >= 15 is 0 Å². The fraction of sp³-hybridized carbons (Fsp3) is 0.636. The Balaban J connectivity index is 2.73. The van der Waals surface area contributed by atoms with Crippen LogP contribution in [0.3, 0.4) is 0 Å². The summed E-state index contributed by atoms with van der Waals surface area (Å²) in [6, 6.07) is -0.398. The highest BCUT2D eigenvalue weighted by molar-refractivity contribution is 4.99. The van der Waals surface area contributed by atoms with Crippen molar-refractivity contribution in [3.63, 3.8) is 0 Å². The smallest absolute Gasteiger partial charge is 0.244 e. The van der Waals surface area contributed by atoms with Crippen molar-refractivity contribution in [1.29, 1.82) is 0 Å². The van der Waals surface area contributed by atoms with Crippen molar-refractivity contribution in [1.82, 2.24) is 10.1 Å². The number of hydrogen-bond acceptors (Lipinski definition) is 5. The van der Waals surface area contributed by atoms with Crippen LogP contribution >= 0.6 is 0 Å². The van der Waals surface area contributed by atoms with Crippen molar-refractivity contribution in [3.8, 4) is 12.3 Å². The van der Waals surface area contributed by atoms with Gasteiger partial charge < -0.3 is 15.0 Å². The number of hydrogen-bond donors (Lipinski definition) is 1. The molecule has 1 rings (SSSR count). The molecule has 0 aromatic carbocycles. The number of aromatic nitrogens is 2. The molecular formula is C11H17N3O2. The third-order valence-electron chi connectivity index (χ3n) is 2.14. The fourth-order valence-corrected chi connectivity index (χ4v) is 1.32. The van der Waals surface area contributed by atoms with Crippen LogP contribution in [0.25, 0.3) is 0 Å². The van der Waals surface area contributed by atoms with Crippen LogP contribution < -0.4 is 5.73 Å². The predicted molar refractivity (Wildman–Crippen MR) is 59.3 cm³/mol. The van der Waals surface area contributed by atoms with E-state index in [2.05, 4.69) is 16.1 Å². The maximum atomic E-state index is 5.75. The second-order valence-corrected chi connectivity index (χ2v) is 3.36. The topological polar surface area (TPSA) is 74.2 Å². The second-order valence-electron chi connectivity index (χ2n) is 3.36. The lowest BCUT2D eigenvalue weighted by atomic mass is 10.2. The molecule has 16 heavy (non-hydrogen) atoms. The average molecular weight is 223 g/mol. The van der Waals surface area contributed by atoms with Gasteiger partial charge in [0.05, 0.1) is 6.04 Å². The van der Waals surface area contributed by atoms with Gasteiger partial charge in [-0.1, -0.05) is 12.1 Å². The molecule has 0 aliphatic heterocycles. The van der Waals surface area contributed by atoms with Gasteiger partial charge in [0, 0.05) is 13.0 Å². The molecule has 0 saturated heterocycles. The molecule has 0 radical (unpaired) electrons. The van der Waals surface area contributed by atoms with E-state index in [1.165, 1.54) is 0 Å². The Morgan fingerprint density at radius 2 is 2.31 bits per heavy atom. The average Bonchev–Trinajstić information content (AvgIpc) is 2.75. The Labute approximate surface area is 95.4 Å². The molecule has 0 bridgehead atoms. The van der Waals surface area contributed by atoms with E-state index in [1.807, 2.05) is 13.8 Å². The highest BCUT2D eigenvalue weighted by Crippen LogP contribution is 2.20. The first-order chi connectivity index (χ1) is 7.72. The second kappa shape index (κ2) is 6.26. The van der Waals surface area contributed by atoms with E-state index in [0.717, 1.165) is 6.42 Å². The van der Waals surface area contributed by atoms with Gasteiger partial charge in [0.15, 0.2) is 0 Å². The summed E-state index contributed by atoms with van der Waals surface area (Å²) >= 11 is 0. The van der Waals surface area contributed by atoms with Crippen LogP contribution in [0.4, 0.5) is 0 Å². The van der Waals surface area contributed by atoms with Gasteiger partial charge in [-0.2, -0.15) is 4.98 Å². The van der Waals surface area contributed by atoms with Crippen molar-refractivity contribution in [3.05, 3.63) is 11.7 Å². The summed E-state index contributed by atoms with van der Waals surface area (Å²) in [5.41, 5.74) is 5.75. The largest absolute Gasteiger partial charge is 0.370 e. The van der Waals surface area contributed by atoms with Crippen LogP contribution in [-0.2, 0) is 4.74 Å². The molecule has 5 nitrogen and oxygen atoms in total. The Kier molecular flexibility index (Phi) is 4.96. The monoisotopic (exact) mass is 223 g/mol. The van der Waals surface area contributed by atoms with Crippen LogP contribution in [0.15, 0.2) is 4.52 Å². The summed E-state index contributed by atoms with van der Waals surface area (Å²) in [6.07, 6.45) is 6.20. The minimum atomic E-state index is -0.398. The molecular weight excluding hydrogens is 206 g/mol. The summed E-state index contributed by atoms with van der Waals surface area (Å²) in [6.45, 7) is 4.53. The van der Waals surface area contributed by atoms with E-state index in [0.29, 0.717) is 24.7 Å². The van der Waals surface area contributed by atoms with Crippen molar-refractivity contribution in [2.75, 3.05) is 6.61 Å². The van der Waals surface area contributed by atoms with Gasteiger partial charge in [0.2, 0.25) is 11.7 Å². The predicted octanol–water partition coefficient (Wildman–Crippen LogP) is 1.58. The Morgan fingerprint density at radius 1 is 1.56 bits per heavy atom.